The summed E-state index contributed by atoms with van der Waals surface area (Å²) in [5.41, 5.74) is 5.46. The molecule has 1 rings (SSSR count). The molecule has 0 amide bonds. The summed E-state index contributed by atoms with van der Waals surface area (Å²) in [4.78, 5) is 0. The number of anilines is 1. The molecule has 4 nitrogen and oxygen atoms in total. The average Bonchev–Trinajstić information content (AvgIpc) is 1.95. The zero-order chi connectivity index (χ0) is 7.40. The van der Waals surface area contributed by atoms with Crippen LogP contribution in [0.3, 0.4) is 0 Å². The molecule has 0 radical (unpaired) electrons. The molecule has 0 spiro atoms. The second-order valence-electron chi connectivity index (χ2n) is 1.62. The average molecular weight is 159 g/mol. The number of hydrazine groups is 1. The maximum atomic E-state index is 5.49. The molecule has 0 saturated heterocycles. The fourth-order valence-electron chi connectivity index (χ4n) is 0.511. The zero-order valence-corrected chi connectivity index (χ0v) is 6.18. The lowest BCUT2D eigenvalue weighted by molar-refractivity contribution is 0.929. The molecule has 10 heavy (non-hydrogen) atoms. The van der Waals surface area contributed by atoms with Crippen molar-refractivity contribution in [3.63, 3.8) is 0 Å². The first-order chi connectivity index (χ1) is 4.83. The van der Waals surface area contributed by atoms with Crippen LogP contribution >= 0.6 is 11.6 Å². The van der Waals surface area contributed by atoms with Gasteiger partial charge in [-0.05, 0) is 12.1 Å². The molecule has 5 heteroatoms. The number of hydrogen-bond acceptors (Lipinski definition) is 4. The molecule has 2 N–H and O–H groups in total. The van der Waals surface area contributed by atoms with Gasteiger partial charge in [-0.25, -0.2) is 5.43 Å². The maximum Gasteiger partial charge on any atom is 0.162 e. The summed E-state index contributed by atoms with van der Waals surface area (Å²) in [5, 5.41) is 7.71. The quantitative estimate of drug-likeness (QED) is 0.622. The lowest BCUT2D eigenvalue weighted by Crippen LogP contribution is -2.16. The number of nitrogens with zero attached hydrogens (tertiary/aromatic N) is 2. The summed E-state index contributed by atoms with van der Waals surface area (Å²) < 4.78 is 0. The predicted molar refractivity (Wildman–Crippen MR) is 39.7 cm³/mol. The number of hydrogen-bond donors (Lipinski definition) is 2. The van der Waals surface area contributed by atoms with Crippen molar-refractivity contribution in [2.75, 3.05) is 12.5 Å². The van der Waals surface area contributed by atoms with Crippen LogP contribution < -0.4 is 10.9 Å². The summed E-state index contributed by atoms with van der Waals surface area (Å²) in [6.45, 7) is 0. The van der Waals surface area contributed by atoms with E-state index in [2.05, 4.69) is 21.0 Å². The smallest absolute Gasteiger partial charge is 0.162 e. The highest BCUT2D eigenvalue weighted by atomic mass is 35.5. The Morgan fingerprint density at radius 2 is 2.20 bits per heavy atom. The minimum absolute atomic E-state index is 0.390. The number of halogens is 1. The first-order valence-electron chi connectivity index (χ1n) is 2.75. The van der Waals surface area contributed by atoms with Gasteiger partial charge >= 0.3 is 0 Å². The Balaban J connectivity index is 2.69. The summed E-state index contributed by atoms with van der Waals surface area (Å²) in [7, 11) is 1.75. The van der Waals surface area contributed by atoms with E-state index in [-0.39, 0.29) is 0 Å². The van der Waals surface area contributed by atoms with Crippen LogP contribution in [0.5, 0.6) is 0 Å². The van der Waals surface area contributed by atoms with Crippen molar-refractivity contribution in [2.24, 2.45) is 0 Å². The van der Waals surface area contributed by atoms with E-state index >= 15 is 0 Å². The van der Waals surface area contributed by atoms with E-state index in [4.69, 9.17) is 11.6 Å². The normalized spacial score (nSPS) is 9.40. The molecule has 0 saturated carbocycles. The van der Waals surface area contributed by atoms with Gasteiger partial charge in [0.2, 0.25) is 0 Å². The van der Waals surface area contributed by atoms with Gasteiger partial charge in [0, 0.05) is 7.05 Å². The van der Waals surface area contributed by atoms with E-state index in [1.165, 1.54) is 0 Å². The van der Waals surface area contributed by atoms with Gasteiger partial charge < -0.3 is 5.43 Å². The summed E-state index contributed by atoms with van der Waals surface area (Å²) in [6.07, 6.45) is 0. The van der Waals surface area contributed by atoms with Gasteiger partial charge in [0.05, 0.1) is 0 Å². The first-order valence-corrected chi connectivity index (χ1v) is 3.12. The van der Waals surface area contributed by atoms with Gasteiger partial charge in [-0.2, -0.15) is 0 Å². The van der Waals surface area contributed by atoms with E-state index in [0.717, 1.165) is 0 Å². The molecule has 0 aromatic carbocycles. The van der Waals surface area contributed by atoms with Gasteiger partial charge in [0.1, 0.15) is 0 Å². The minimum Gasteiger partial charge on any atom is -0.305 e. The largest absolute Gasteiger partial charge is 0.305 e. The lowest BCUT2D eigenvalue weighted by Gasteiger charge is -1.99. The topological polar surface area (TPSA) is 49.8 Å². The van der Waals surface area contributed by atoms with Crippen molar-refractivity contribution >= 4 is 17.4 Å². The van der Waals surface area contributed by atoms with Crippen LogP contribution in [0.1, 0.15) is 0 Å². The Hall–Kier alpha value is -0.870. The van der Waals surface area contributed by atoms with Crippen molar-refractivity contribution < 1.29 is 0 Å². The maximum absolute atomic E-state index is 5.49. The van der Waals surface area contributed by atoms with Crippen molar-refractivity contribution in [3.05, 3.63) is 17.3 Å². The van der Waals surface area contributed by atoms with Gasteiger partial charge in [0.25, 0.3) is 0 Å². The van der Waals surface area contributed by atoms with Gasteiger partial charge in [-0.1, -0.05) is 11.6 Å². The Morgan fingerprint density at radius 3 is 2.70 bits per heavy atom. The van der Waals surface area contributed by atoms with Crippen LogP contribution in [0.15, 0.2) is 12.1 Å². The Kier molecular flexibility index (Phi) is 2.42. The molecule has 54 valence electrons. The third kappa shape index (κ3) is 1.82. The first kappa shape index (κ1) is 7.24. The molecule has 0 aliphatic heterocycles. The standard InChI is InChI=1S/C5H7ClN4/c1-7-9-5-3-2-4(6)8-10-5/h2-3,7H,1H3,(H,9,10). The second-order valence-corrected chi connectivity index (χ2v) is 2.00. The van der Waals surface area contributed by atoms with Crippen LogP contribution in [-0.2, 0) is 0 Å². The van der Waals surface area contributed by atoms with Gasteiger partial charge in [-0.15, -0.1) is 10.2 Å². The predicted octanol–water partition coefficient (Wildman–Crippen LogP) is 0.676. The third-order valence-electron chi connectivity index (χ3n) is 0.885. The van der Waals surface area contributed by atoms with Crippen LogP contribution in [0.2, 0.25) is 5.15 Å². The van der Waals surface area contributed by atoms with Crippen LogP contribution in [0.25, 0.3) is 0 Å². The van der Waals surface area contributed by atoms with E-state index in [1.807, 2.05) is 0 Å². The highest BCUT2D eigenvalue weighted by Crippen LogP contribution is 2.03. The highest BCUT2D eigenvalue weighted by Gasteiger charge is 1.90. The molecule has 1 aromatic heterocycles. The number of rotatable bonds is 2. The SMILES string of the molecule is CNNc1ccc(Cl)nn1. The molecule has 0 atom stereocenters. The Bertz CT molecular complexity index is 197. The monoisotopic (exact) mass is 158 g/mol. The van der Waals surface area contributed by atoms with E-state index < -0.39 is 0 Å². The number of nitrogens with one attached hydrogen (secondary N) is 2. The molecule has 1 aromatic rings. The Labute approximate surface area is 63.6 Å². The lowest BCUT2D eigenvalue weighted by atomic mass is 10.5. The summed E-state index contributed by atoms with van der Waals surface area (Å²) >= 11 is 5.49. The molecule has 0 fully saturated rings. The second kappa shape index (κ2) is 3.34. The fourth-order valence-corrected chi connectivity index (χ4v) is 0.612. The summed E-state index contributed by atoms with van der Waals surface area (Å²) in [5.74, 6) is 0.645. The molecule has 0 bridgehead atoms. The van der Waals surface area contributed by atoms with Crippen LogP contribution in [0, 0.1) is 0 Å². The van der Waals surface area contributed by atoms with Crippen molar-refractivity contribution in [2.45, 2.75) is 0 Å². The zero-order valence-electron chi connectivity index (χ0n) is 5.43. The van der Waals surface area contributed by atoms with E-state index in [0.29, 0.717) is 11.0 Å². The van der Waals surface area contributed by atoms with Crippen molar-refractivity contribution in [1.82, 2.24) is 15.6 Å². The Morgan fingerprint density at radius 1 is 1.40 bits per heavy atom. The van der Waals surface area contributed by atoms with E-state index in [9.17, 15) is 0 Å². The molecular formula is C5H7ClN4. The van der Waals surface area contributed by atoms with Crippen LogP contribution in [-0.4, -0.2) is 17.2 Å². The summed E-state index contributed by atoms with van der Waals surface area (Å²) in [6, 6.07) is 3.39. The van der Waals surface area contributed by atoms with Crippen molar-refractivity contribution in [1.29, 1.82) is 0 Å². The minimum atomic E-state index is 0.390. The fraction of sp³-hybridized carbons (Fsp3) is 0.200. The van der Waals surface area contributed by atoms with E-state index in [1.54, 1.807) is 19.2 Å². The van der Waals surface area contributed by atoms with Gasteiger partial charge in [0.15, 0.2) is 11.0 Å². The van der Waals surface area contributed by atoms with Crippen molar-refractivity contribution in [3.8, 4) is 0 Å². The molecule has 0 unspecified atom stereocenters. The third-order valence-corrected chi connectivity index (χ3v) is 1.09. The molecular weight excluding hydrogens is 152 g/mol. The van der Waals surface area contributed by atoms with Crippen LogP contribution in [0.4, 0.5) is 5.82 Å². The molecule has 1 heterocycles. The van der Waals surface area contributed by atoms with Gasteiger partial charge in [-0.3, -0.25) is 0 Å². The number of aromatic nitrogens is 2. The highest BCUT2D eigenvalue weighted by molar-refractivity contribution is 6.29. The molecule has 0 aliphatic rings. The molecule has 0 aliphatic carbocycles.